The van der Waals surface area contributed by atoms with Crippen molar-refractivity contribution in [3.8, 4) is 11.5 Å². The van der Waals surface area contributed by atoms with Crippen molar-refractivity contribution in [2.24, 2.45) is 0 Å². The summed E-state index contributed by atoms with van der Waals surface area (Å²) in [6.45, 7) is 4.30. The topological polar surface area (TPSA) is 48.3 Å². The van der Waals surface area contributed by atoms with Crippen LogP contribution < -0.4 is 14.8 Å². The van der Waals surface area contributed by atoms with E-state index in [0.29, 0.717) is 13.2 Å². The van der Waals surface area contributed by atoms with Crippen LogP contribution in [-0.2, 0) is 6.54 Å². The van der Waals surface area contributed by atoms with Crippen molar-refractivity contribution in [1.82, 2.24) is 15.1 Å². The minimum atomic E-state index is 0.0925. The first kappa shape index (κ1) is 13.9. The molecular weight excluding hydrogens is 266 g/mol. The Balaban J connectivity index is 1.94. The molecule has 0 fully saturated rings. The number of benzene rings is 1. The third-order valence-corrected chi connectivity index (χ3v) is 3.67. The molecule has 1 aromatic heterocycles. The zero-order chi connectivity index (χ0) is 14.7. The van der Waals surface area contributed by atoms with Gasteiger partial charge >= 0.3 is 0 Å². The van der Waals surface area contributed by atoms with E-state index in [1.165, 1.54) is 0 Å². The van der Waals surface area contributed by atoms with E-state index < -0.39 is 0 Å². The van der Waals surface area contributed by atoms with Crippen LogP contribution in [-0.4, -0.2) is 30.0 Å². The van der Waals surface area contributed by atoms with Crippen LogP contribution in [0, 0.1) is 0 Å². The van der Waals surface area contributed by atoms with Crippen molar-refractivity contribution >= 4 is 0 Å². The highest BCUT2D eigenvalue weighted by atomic mass is 16.6. The molecule has 0 radical (unpaired) electrons. The van der Waals surface area contributed by atoms with Crippen molar-refractivity contribution in [3.63, 3.8) is 0 Å². The zero-order valence-electron chi connectivity index (χ0n) is 12.5. The van der Waals surface area contributed by atoms with Crippen molar-refractivity contribution < 1.29 is 9.47 Å². The van der Waals surface area contributed by atoms with Gasteiger partial charge in [-0.3, -0.25) is 4.68 Å². The van der Waals surface area contributed by atoms with Crippen LogP contribution in [0.25, 0.3) is 0 Å². The van der Waals surface area contributed by atoms with Crippen molar-refractivity contribution in [2.75, 3.05) is 20.3 Å². The second kappa shape index (κ2) is 6.18. The third-order valence-electron chi connectivity index (χ3n) is 3.67. The smallest absolute Gasteiger partial charge is 0.161 e. The minimum Gasteiger partial charge on any atom is -0.486 e. The predicted octanol–water partition coefficient (Wildman–Crippen LogP) is 2.37. The normalized spacial score (nSPS) is 15.0. The fourth-order valence-electron chi connectivity index (χ4n) is 2.71. The molecule has 1 aliphatic heterocycles. The Hall–Kier alpha value is -2.01. The van der Waals surface area contributed by atoms with Gasteiger partial charge in [0.2, 0.25) is 0 Å². The maximum atomic E-state index is 5.68. The molecule has 1 aliphatic rings. The molecule has 1 aromatic carbocycles. The van der Waals surface area contributed by atoms with Gasteiger partial charge in [-0.2, -0.15) is 5.10 Å². The van der Waals surface area contributed by atoms with Gasteiger partial charge in [-0.15, -0.1) is 0 Å². The number of nitrogens with one attached hydrogen (secondary N) is 1. The first-order valence-electron chi connectivity index (χ1n) is 7.42. The maximum absolute atomic E-state index is 5.68. The molecule has 0 saturated heterocycles. The Morgan fingerprint density at radius 1 is 1.24 bits per heavy atom. The zero-order valence-corrected chi connectivity index (χ0v) is 12.5. The summed E-state index contributed by atoms with van der Waals surface area (Å²) in [4.78, 5) is 0. The lowest BCUT2D eigenvalue weighted by Gasteiger charge is -2.22. The molecule has 21 heavy (non-hydrogen) atoms. The Morgan fingerprint density at radius 3 is 2.81 bits per heavy atom. The van der Waals surface area contributed by atoms with E-state index in [-0.39, 0.29) is 6.04 Å². The largest absolute Gasteiger partial charge is 0.486 e. The minimum absolute atomic E-state index is 0.0925. The molecule has 5 heteroatoms. The number of rotatable bonds is 5. The second-order valence-electron chi connectivity index (χ2n) is 5.10. The third kappa shape index (κ3) is 2.74. The van der Waals surface area contributed by atoms with Gasteiger partial charge in [0.25, 0.3) is 0 Å². The van der Waals surface area contributed by atoms with E-state index in [1.54, 1.807) is 0 Å². The summed E-state index contributed by atoms with van der Waals surface area (Å²) >= 11 is 0. The van der Waals surface area contributed by atoms with Crippen LogP contribution in [0.1, 0.15) is 30.6 Å². The van der Waals surface area contributed by atoms with E-state index in [4.69, 9.17) is 9.47 Å². The molecule has 5 nitrogen and oxygen atoms in total. The summed E-state index contributed by atoms with van der Waals surface area (Å²) in [7, 11) is 1.96. The summed E-state index contributed by atoms with van der Waals surface area (Å²) in [5.74, 6) is 1.64. The molecule has 2 aromatic rings. The standard InChI is InChI=1S/C16H21N3O2/c1-3-8-19-13(6-7-18-19)16(17-2)12-4-5-14-15(11-12)21-10-9-20-14/h4-7,11,16-17H,3,8-10H2,1-2H3. The van der Waals surface area contributed by atoms with E-state index in [2.05, 4.69) is 40.2 Å². The summed E-state index contributed by atoms with van der Waals surface area (Å²) in [6, 6.07) is 8.27. The van der Waals surface area contributed by atoms with Gasteiger partial charge in [0.1, 0.15) is 13.2 Å². The SMILES string of the molecule is CCCn1nccc1C(NC)c1ccc2c(c1)OCCO2. The molecule has 0 amide bonds. The summed E-state index contributed by atoms with van der Waals surface area (Å²) < 4.78 is 13.3. The fourth-order valence-corrected chi connectivity index (χ4v) is 2.71. The summed E-state index contributed by atoms with van der Waals surface area (Å²) in [5.41, 5.74) is 2.32. The molecular formula is C16H21N3O2. The van der Waals surface area contributed by atoms with E-state index in [0.717, 1.165) is 35.7 Å². The lowest BCUT2D eigenvalue weighted by molar-refractivity contribution is 0.171. The second-order valence-corrected chi connectivity index (χ2v) is 5.10. The Morgan fingerprint density at radius 2 is 2.05 bits per heavy atom. The lowest BCUT2D eigenvalue weighted by atomic mass is 10.0. The first-order valence-corrected chi connectivity index (χ1v) is 7.42. The van der Waals surface area contributed by atoms with Gasteiger partial charge < -0.3 is 14.8 Å². The first-order chi connectivity index (χ1) is 10.3. The molecule has 0 bridgehead atoms. The van der Waals surface area contributed by atoms with Gasteiger partial charge in [-0.25, -0.2) is 0 Å². The predicted molar refractivity (Wildman–Crippen MR) is 80.9 cm³/mol. The van der Waals surface area contributed by atoms with Crippen LogP contribution in [0.5, 0.6) is 11.5 Å². The Bertz CT molecular complexity index is 609. The van der Waals surface area contributed by atoms with Crippen LogP contribution in [0.4, 0.5) is 0 Å². The number of hydrogen-bond acceptors (Lipinski definition) is 4. The molecule has 1 N–H and O–H groups in total. The van der Waals surface area contributed by atoms with Gasteiger partial charge in [-0.1, -0.05) is 13.0 Å². The molecule has 1 atom stereocenters. The van der Waals surface area contributed by atoms with Crippen LogP contribution in [0.15, 0.2) is 30.5 Å². The van der Waals surface area contributed by atoms with Gasteiger partial charge in [-0.05, 0) is 37.2 Å². The average Bonchev–Trinajstić information content (AvgIpc) is 2.97. The molecule has 0 aliphatic carbocycles. The number of aromatic nitrogens is 2. The van der Waals surface area contributed by atoms with Crippen molar-refractivity contribution in [1.29, 1.82) is 0 Å². The van der Waals surface area contributed by atoms with Gasteiger partial charge in [0.15, 0.2) is 11.5 Å². The number of aryl methyl sites for hydroxylation is 1. The highest BCUT2D eigenvalue weighted by Crippen LogP contribution is 2.34. The Labute approximate surface area is 124 Å². The highest BCUT2D eigenvalue weighted by molar-refractivity contribution is 5.46. The molecule has 0 spiro atoms. The number of ether oxygens (including phenoxy) is 2. The molecule has 3 rings (SSSR count). The van der Waals surface area contributed by atoms with Crippen LogP contribution in [0.3, 0.4) is 0 Å². The molecule has 0 saturated carbocycles. The lowest BCUT2D eigenvalue weighted by Crippen LogP contribution is -2.22. The highest BCUT2D eigenvalue weighted by Gasteiger charge is 2.19. The van der Waals surface area contributed by atoms with Crippen molar-refractivity contribution in [2.45, 2.75) is 25.9 Å². The van der Waals surface area contributed by atoms with Gasteiger partial charge in [0, 0.05) is 12.7 Å². The number of nitrogens with zero attached hydrogens (tertiary/aromatic N) is 2. The number of fused-ring (bicyclic) bond motifs is 1. The van der Waals surface area contributed by atoms with Crippen molar-refractivity contribution in [3.05, 3.63) is 41.7 Å². The quantitative estimate of drug-likeness (QED) is 0.917. The van der Waals surface area contributed by atoms with E-state index >= 15 is 0 Å². The summed E-state index contributed by atoms with van der Waals surface area (Å²) in [6.07, 6.45) is 2.92. The number of hydrogen-bond donors (Lipinski definition) is 1. The summed E-state index contributed by atoms with van der Waals surface area (Å²) in [5, 5.41) is 7.78. The van der Waals surface area contributed by atoms with Crippen LogP contribution >= 0.6 is 0 Å². The van der Waals surface area contributed by atoms with E-state index in [1.807, 2.05) is 19.3 Å². The fraction of sp³-hybridized carbons (Fsp3) is 0.438. The van der Waals surface area contributed by atoms with E-state index in [9.17, 15) is 0 Å². The molecule has 112 valence electrons. The maximum Gasteiger partial charge on any atom is 0.161 e. The Kier molecular flexibility index (Phi) is 4.10. The van der Waals surface area contributed by atoms with Gasteiger partial charge in [0.05, 0.1) is 11.7 Å². The monoisotopic (exact) mass is 287 g/mol. The molecule has 2 heterocycles. The average molecular weight is 287 g/mol. The molecule has 1 unspecified atom stereocenters. The van der Waals surface area contributed by atoms with Crippen LogP contribution in [0.2, 0.25) is 0 Å².